The number of fused-ring (bicyclic) bond motifs is 2. The Kier molecular flexibility index (Phi) is 21.6. The molecule has 0 spiro atoms. The number of para-hydroxylation sites is 1. The third-order valence-corrected chi connectivity index (χ3v) is 13.3. The normalized spacial score (nSPS) is 20.9. The van der Waals surface area contributed by atoms with Gasteiger partial charge in [-0.3, -0.25) is 59.6 Å². The summed E-state index contributed by atoms with van der Waals surface area (Å²) in [6.45, 7) is 3.38. The molecule has 24 nitrogen and oxygen atoms in total. The molecule has 3 aromatic carbocycles. The minimum absolute atomic E-state index is 0.0283. The number of hydrogen-bond acceptors (Lipinski definition) is 10. The van der Waals surface area contributed by atoms with Gasteiger partial charge in [-0.25, -0.2) is 4.98 Å². The van der Waals surface area contributed by atoms with Crippen LogP contribution < -0.4 is 64.7 Å². The number of carbonyl (C=O) groups excluding carboxylic acids is 9. The first-order valence-corrected chi connectivity index (χ1v) is 26.2. The molecule has 6 rings (SSSR count). The van der Waals surface area contributed by atoms with E-state index in [4.69, 9.17) is 17.2 Å². The second-order valence-corrected chi connectivity index (χ2v) is 19.5. The first kappa shape index (κ1) is 58.4. The lowest BCUT2D eigenvalue weighted by atomic mass is 9.99. The second-order valence-electron chi connectivity index (χ2n) is 19.5. The molecule has 24 heteroatoms. The standard InChI is InChI=1S/C54H71N15O9/c1-3-4-15-40(63-31(2)70)48(73)69-45-27-46(71)59-21-10-9-17-39(47(55)72)64-51(76)43(25-35-28-61-38-16-8-7-14-37(35)38)67-49(74)41(18-11-22-60-54(56)57)65-50(75)42(24-32-19-20-33-12-5-6-13-34(33)23-32)66-52(77)44(68-53(45)78)26-36-29-58-30-62-36/h5-8,12-14,16,19-20,23,28-30,39-45,61H,3-4,9-11,15,17-18,21-22,24-27H2,1-2H3,(H2,55,72)(H,58,62)(H,59,71)(H,63,70)(H,64,76)(H,65,75)(H,66,77)(H,67,74)(H,68,78)(H,69,73)(H4,56,57,60)/p+1. The van der Waals surface area contributed by atoms with Gasteiger partial charge in [-0.05, 0) is 66.5 Å². The maximum absolute atomic E-state index is 15.0. The highest BCUT2D eigenvalue weighted by Gasteiger charge is 2.35. The Hall–Kier alpha value is -8.83. The second kappa shape index (κ2) is 28.9. The van der Waals surface area contributed by atoms with E-state index in [9.17, 15) is 43.2 Å². The van der Waals surface area contributed by atoms with Crippen LogP contribution in [0.4, 0.5) is 0 Å². The summed E-state index contributed by atoms with van der Waals surface area (Å²) in [5.74, 6) is -6.95. The first-order valence-electron chi connectivity index (χ1n) is 26.2. The van der Waals surface area contributed by atoms with Gasteiger partial charge in [-0.15, -0.1) is 0 Å². The van der Waals surface area contributed by atoms with Crippen LogP contribution in [-0.4, -0.2) is 129 Å². The predicted molar refractivity (Wildman–Crippen MR) is 290 cm³/mol. The molecule has 3 heterocycles. The zero-order valence-electron chi connectivity index (χ0n) is 43.9. The number of benzene rings is 3. The van der Waals surface area contributed by atoms with Crippen LogP contribution in [0.2, 0.25) is 0 Å². The van der Waals surface area contributed by atoms with Crippen molar-refractivity contribution in [3.63, 3.8) is 0 Å². The fourth-order valence-corrected chi connectivity index (χ4v) is 9.18. The lowest BCUT2D eigenvalue weighted by Crippen LogP contribution is -2.78. The number of unbranched alkanes of at least 4 members (excludes halogenated alkanes) is 1. The van der Waals surface area contributed by atoms with Crippen molar-refractivity contribution >= 4 is 80.8 Å². The van der Waals surface area contributed by atoms with Crippen LogP contribution in [0.15, 0.2) is 85.5 Å². The molecule has 9 amide bonds. The van der Waals surface area contributed by atoms with Crippen molar-refractivity contribution in [3.8, 4) is 0 Å². The average molecular weight is 1080 g/mol. The summed E-state index contributed by atoms with van der Waals surface area (Å²) in [6, 6.07) is 11.0. The zero-order valence-corrected chi connectivity index (χ0v) is 43.9. The molecule has 416 valence electrons. The Morgan fingerprint density at radius 1 is 0.744 bits per heavy atom. The van der Waals surface area contributed by atoms with Gasteiger partial charge in [0.25, 0.3) is 0 Å². The van der Waals surface area contributed by atoms with Gasteiger partial charge in [-0.2, -0.15) is 0 Å². The summed E-state index contributed by atoms with van der Waals surface area (Å²) in [5.41, 5.74) is 19.6. The minimum Gasteiger partial charge on any atom is -0.368 e. The molecular weight excluding hydrogens is 1000 g/mol. The molecule has 78 heavy (non-hydrogen) atoms. The highest BCUT2D eigenvalue weighted by atomic mass is 16.2. The van der Waals surface area contributed by atoms with Crippen molar-refractivity contribution in [3.05, 3.63) is 102 Å². The van der Waals surface area contributed by atoms with Crippen LogP contribution in [0.5, 0.6) is 0 Å². The van der Waals surface area contributed by atoms with Crippen molar-refractivity contribution in [2.75, 3.05) is 13.1 Å². The van der Waals surface area contributed by atoms with Crippen LogP contribution in [0.3, 0.4) is 0 Å². The number of amides is 9. The van der Waals surface area contributed by atoms with Crippen molar-refractivity contribution < 1.29 is 48.1 Å². The van der Waals surface area contributed by atoms with E-state index in [2.05, 4.69) is 62.5 Å². The molecule has 0 bridgehead atoms. The van der Waals surface area contributed by atoms with Gasteiger partial charge in [0.15, 0.2) is 0 Å². The maximum Gasteiger partial charge on any atom is 0.338 e. The molecule has 7 atom stereocenters. The lowest BCUT2D eigenvalue weighted by molar-refractivity contribution is -0.459. The number of aromatic nitrogens is 3. The average Bonchev–Trinajstić information content (AvgIpc) is 4.10. The summed E-state index contributed by atoms with van der Waals surface area (Å²) in [7, 11) is 0. The van der Waals surface area contributed by atoms with Gasteiger partial charge in [0, 0.05) is 61.7 Å². The number of nitrogens with two attached hydrogens (primary N) is 3. The summed E-state index contributed by atoms with van der Waals surface area (Å²) in [5, 5.41) is 24.3. The SMILES string of the molecule is CCCCC(NC(C)=O)C(=O)NC1CC(=O)NCCCCC(C(N)=O)NC(=O)C(Cc2c[nH]c3ccccc23)NC(=O)C(CCC[NH+]=C(N)N)NC(=O)C(Cc2ccc3ccccc3c2)NC(=O)C(Cc2cnc[nH]2)NC1=O. The third-order valence-electron chi connectivity index (χ3n) is 13.3. The van der Waals surface area contributed by atoms with E-state index in [1.54, 1.807) is 12.3 Å². The molecule has 1 fully saturated rings. The molecule has 1 aliphatic rings. The van der Waals surface area contributed by atoms with E-state index in [-0.39, 0.29) is 76.8 Å². The Labute approximate surface area is 450 Å². The van der Waals surface area contributed by atoms with Gasteiger partial charge in [0.2, 0.25) is 53.2 Å². The lowest BCUT2D eigenvalue weighted by Gasteiger charge is -2.28. The van der Waals surface area contributed by atoms with Gasteiger partial charge in [0.05, 0.1) is 19.3 Å². The monoisotopic (exact) mass is 1070 g/mol. The molecular formula is C54H72N15O9+. The van der Waals surface area contributed by atoms with Gasteiger partial charge in [0.1, 0.15) is 42.3 Å². The molecule has 0 aliphatic carbocycles. The summed E-state index contributed by atoms with van der Waals surface area (Å²) in [4.78, 5) is 139. The molecule has 1 aliphatic heterocycles. The van der Waals surface area contributed by atoms with Gasteiger partial charge >= 0.3 is 5.96 Å². The fourth-order valence-electron chi connectivity index (χ4n) is 9.18. The topological polar surface area (TPSA) is 386 Å². The largest absolute Gasteiger partial charge is 0.368 e. The Morgan fingerprint density at radius 2 is 1.41 bits per heavy atom. The third kappa shape index (κ3) is 17.6. The van der Waals surface area contributed by atoms with Crippen molar-refractivity contribution in [1.82, 2.24) is 57.5 Å². The molecule has 0 saturated carbocycles. The van der Waals surface area contributed by atoms with Gasteiger partial charge in [-0.1, -0.05) is 80.4 Å². The smallest absolute Gasteiger partial charge is 0.338 e. The maximum atomic E-state index is 15.0. The Morgan fingerprint density at radius 3 is 2.12 bits per heavy atom. The van der Waals surface area contributed by atoms with Crippen LogP contribution in [0.1, 0.15) is 88.5 Å². The number of hydrogen-bond donors (Lipinski definition) is 14. The highest BCUT2D eigenvalue weighted by molar-refractivity contribution is 5.99. The number of imidazole rings is 1. The number of aromatic amines is 2. The number of guanidine groups is 1. The minimum atomic E-state index is -1.58. The Bertz CT molecular complexity index is 2940. The molecule has 1 saturated heterocycles. The van der Waals surface area contributed by atoms with Gasteiger partial charge < -0.3 is 58.2 Å². The van der Waals surface area contributed by atoms with Crippen LogP contribution in [0.25, 0.3) is 21.7 Å². The number of H-pyrrole nitrogens is 2. The van der Waals surface area contributed by atoms with E-state index in [1.807, 2.05) is 67.6 Å². The molecule has 17 N–H and O–H groups in total. The van der Waals surface area contributed by atoms with E-state index >= 15 is 0 Å². The highest BCUT2D eigenvalue weighted by Crippen LogP contribution is 2.21. The number of carbonyl (C=O) groups is 9. The molecule has 2 aromatic heterocycles. The fraction of sp³-hybridized carbons (Fsp3) is 0.426. The zero-order chi connectivity index (χ0) is 56.1. The number of nitrogens with one attached hydrogen (secondary N) is 11. The summed E-state index contributed by atoms with van der Waals surface area (Å²) in [6.07, 6.45) is 5.78. The van der Waals surface area contributed by atoms with Crippen molar-refractivity contribution in [1.29, 1.82) is 0 Å². The van der Waals surface area contributed by atoms with Crippen LogP contribution >= 0.6 is 0 Å². The number of primary amides is 1. The molecule has 5 aromatic rings. The van der Waals surface area contributed by atoms with Crippen molar-refractivity contribution in [2.24, 2.45) is 17.2 Å². The Balaban J connectivity index is 1.41. The summed E-state index contributed by atoms with van der Waals surface area (Å²) < 4.78 is 0. The van der Waals surface area contributed by atoms with Crippen LogP contribution in [-0.2, 0) is 62.4 Å². The van der Waals surface area contributed by atoms with E-state index in [0.29, 0.717) is 29.7 Å². The predicted octanol–water partition coefficient (Wildman–Crippen LogP) is -2.01. The van der Waals surface area contributed by atoms with Crippen LogP contribution in [0, 0.1) is 0 Å². The first-order chi connectivity index (χ1) is 37.5. The molecule has 0 radical (unpaired) electrons. The van der Waals surface area contributed by atoms with E-state index in [1.165, 1.54) is 19.4 Å². The quantitative estimate of drug-likeness (QED) is 0.0273. The van der Waals surface area contributed by atoms with E-state index < -0.39 is 102 Å². The molecule has 7 unspecified atom stereocenters. The summed E-state index contributed by atoms with van der Waals surface area (Å²) >= 11 is 0. The number of nitrogens with zero attached hydrogens (tertiary/aromatic N) is 1. The number of rotatable bonds is 17. The van der Waals surface area contributed by atoms with Crippen molar-refractivity contribution in [2.45, 2.75) is 133 Å². The van der Waals surface area contributed by atoms with E-state index in [0.717, 1.165) is 21.7 Å².